The fourth-order valence-electron chi connectivity index (χ4n) is 0.384. The summed E-state index contributed by atoms with van der Waals surface area (Å²) in [4.78, 5) is 0. The van der Waals surface area contributed by atoms with Crippen LogP contribution in [0.1, 0.15) is 6.42 Å². The Kier molecular flexibility index (Phi) is 6.03. The summed E-state index contributed by atoms with van der Waals surface area (Å²) in [6.07, 6.45) is 1.09. The molecule has 1 nitrogen and oxygen atoms in total. The zero-order chi connectivity index (χ0) is 6.41. The van der Waals surface area contributed by atoms with Crippen molar-refractivity contribution in [3.05, 3.63) is 0 Å². The standard InChI is InChI=1S/C5H14OSSi/c1-8(2)6-4-3-5-7/h7-8H,3-5H2,1-2H3. The topological polar surface area (TPSA) is 9.23 Å². The largest absolute Gasteiger partial charge is 0.421 e. The Hall–Kier alpha value is 0.527. The third-order valence-electron chi connectivity index (χ3n) is 0.754. The van der Waals surface area contributed by atoms with E-state index in [0.29, 0.717) is 0 Å². The zero-order valence-corrected chi connectivity index (χ0v) is 7.60. The first kappa shape index (κ1) is 8.53. The van der Waals surface area contributed by atoms with Crippen LogP contribution in [-0.2, 0) is 4.43 Å². The maximum absolute atomic E-state index is 5.37. The molecule has 0 unspecified atom stereocenters. The third-order valence-corrected chi connectivity index (χ3v) is 1.97. The SMILES string of the molecule is C[SiH](C)OCCCS. The van der Waals surface area contributed by atoms with Crippen molar-refractivity contribution in [2.45, 2.75) is 19.5 Å². The van der Waals surface area contributed by atoms with Gasteiger partial charge in [-0.2, -0.15) is 12.6 Å². The maximum Gasteiger partial charge on any atom is 0.170 e. The van der Waals surface area contributed by atoms with Crippen LogP contribution < -0.4 is 0 Å². The summed E-state index contributed by atoms with van der Waals surface area (Å²) in [5.41, 5.74) is 0. The average molecular weight is 150 g/mol. The van der Waals surface area contributed by atoms with Crippen molar-refractivity contribution in [1.29, 1.82) is 0 Å². The lowest BCUT2D eigenvalue weighted by Gasteiger charge is -2.03. The van der Waals surface area contributed by atoms with Crippen molar-refractivity contribution in [2.75, 3.05) is 12.4 Å². The molecule has 0 aliphatic carbocycles. The van der Waals surface area contributed by atoms with Gasteiger partial charge in [0.2, 0.25) is 0 Å². The summed E-state index contributed by atoms with van der Waals surface area (Å²) in [7, 11) is -0.736. The lowest BCUT2D eigenvalue weighted by atomic mass is 10.5. The van der Waals surface area contributed by atoms with Gasteiger partial charge >= 0.3 is 0 Å². The highest BCUT2D eigenvalue weighted by molar-refractivity contribution is 7.80. The third kappa shape index (κ3) is 6.53. The molecule has 0 atom stereocenters. The minimum atomic E-state index is -0.736. The van der Waals surface area contributed by atoms with Crippen LogP contribution in [0.15, 0.2) is 0 Å². The van der Waals surface area contributed by atoms with E-state index >= 15 is 0 Å². The number of thiol groups is 1. The Balaban J connectivity index is 2.72. The van der Waals surface area contributed by atoms with E-state index in [4.69, 9.17) is 4.43 Å². The van der Waals surface area contributed by atoms with Crippen LogP contribution in [0.4, 0.5) is 0 Å². The lowest BCUT2D eigenvalue weighted by molar-refractivity contribution is 0.327. The van der Waals surface area contributed by atoms with Gasteiger partial charge in [-0.25, -0.2) is 0 Å². The molecule has 0 aromatic rings. The predicted molar refractivity (Wildman–Crippen MR) is 43.3 cm³/mol. The summed E-state index contributed by atoms with van der Waals surface area (Å²) in [6.45, 7) is 5.27. The first-order chi connectivity index (χ1) is 3.77. The molecule has 3 heteroatoms. The Bertz CT molecular complexity index is 49.7. The van der Waals surface area contributed by atoms with Crippen LogP contribution in [-0.4, -0.2) is 21.4 Å². The molecule has 0 rings (SSSR count). The molecule has 0 aliphatic rings. The van der Waals surface area contributed by atoms with Crippen LogP contribution >= 0.6 is 12.6 Å². The minimum Gasteiger partial charge on any atom is -0.421 e. The zero-order valence-electron chi connectivity index (χ0n) is 5.55. The summed E-state index contributed by atoms with van der Waals surface area (Å²) in [5.74, 6) is 0.946. The van der Waals surface area contributed by atoms with Gasteiger partial charge in [0.25, 0.3) is 0 Å². The second kappa shape index (κ2) is 5.66. The molecular weight excluding hydrogens is 136 g/mol. The van der Waals surface area contributed by atoms with E-state index in [2.05, 4.69) is 25.7 Å². The maximum atomic E-state index is 5.37. The molecule has 0 saturated carbocycles. The number of rotatable bonds is 4. The normalized spacial score (nSPS) is 10.5. The van der Waals surface area contributed by atoms with Crippen LogP contribution in [0.3, 0.4) is 0 Å². The quantitative estimate of drug-likeness (QED) is 0.361. The van der Waals surface area contributed by atoms with Gasteiger partial charge in [0, 0.05) is 6.61 Å². The highest BCUT2D eigenvalue weighted by atomic mass is 32.1. The molecule has 0 aromatic heterocycles. The monoisotopic (exact) mass is 150 g/mol. The molecule has 0 spiro atoms. The van der Waals surface area contributed by atoms with E-state index < -0.39 is 9.04 Å². The van der Waals surface area contributed by atoms with Crippen molar-refractivity contribution in [3.63, 3.8) is 0 Å². The fourth-order valence-corrected chi connectivity index (χ4v) is 1.15. The molecule has 8 heavy (non-hydrogen) atoms. The molecule has 0 N–H and O–H groups in total. The van der Waals surface area contributed by atoms with Gasteiger partial charge in [0.15, 0.2) is 9.04 Å². The molecule has 0 saturated heterocycles. The van der Waals surface area contributed by atoms with Gasteiger partial charge in [-0.05, 0) is 25.3 Å². The first-order valence-electron chi connectivity index (χ1n) is 3.00. The van der Waals surface area contributed by atoms with Crippen LogP contribution in [0.5, 0.6) is 0 Å². The van der Waals surface area contributed by atoms with E-state index in [1.54, 1.807) is 0 Å². The van der Waals surface area contributed by atoms with Crippen LogP contribution in [0, 0.1) is 0 Å². The van der Waals surface area contributed by atoms with Gasteiger partial charge < -0.3 is 4.43 Å². The smallest absolute Gasteiger partial charge is 0.170 e. The van der Waals surface area contributed by atoms with Crippen molar-refractivity contribution < 1.29 is 4.43 Å². The molecular formula is C5H14OSSi. The summed E-state index contributed by atoms with van der Waals surface area (Å²) in [6, 6.07) is 0. The molecule has 0 heterocycles. The van der Waals surface area contributed by atoms with Gasteiger partial charge in [-0.3, -0.25) is 0 Å². The van der Waals surface area contributed by atoms with Gasteiger partial charge in [0.1, 0.15) is 0 Å². The van der Waals surface area contributed by atoms with Crippen molar-refractivity contribution in [3.8, 4) is 0 Å². The predicted octanol–water partition coefficient (Wildman–Crippen LogP) is 1.31. The fraction of sp³-hybridized carbons (Fsp3) is 1.00. The van der Waals surface area contributed by atoms with Crippen LogP contribution in [0.25, 0.3) is 0 Å². The van der Waals surface area contributed by atoms with Gasteiger partial charge in [0.05, 0.1) is 0 Å². The van der Waals surface area contributed by atoms with Crippen molar-refractivity contribution in [1.82, 2.24) is 0 Å². The van der Waals surface area contributed by atoms with Gasteiger partial charge in [-0.1, -0.05) is 0 Å². The number of hydrogen-bond acceptors (Lipinski definition) is 2. The van der Waals surface area contributed by atoms with E-state index in [0.717, 1.165) is 18.8 Å². The molecule has 0 bridgehead atoms. The second-order valence-corrected chi connectivity index (χ2v) is 4.87. The van der Waals surface area contributed by atoms with E-state index in [9.17, 15) is 0 Å². The average Bonchev–Trinajstić information content (AvgIpc) is 1.66. The second-order valence-electron chi connectivity index (χ2n) is 2.00. The van der Waals surface area contributed by atoms with E-state index in [1.165, 1.54) is 0 Å². The van der Waals surface area contributed by atoms with E-state index in [-0.39, 0.29) is 0 Å². The molecule has 0 radical (unpaired) electrons. The molecule has 0 aromatic carbocycles. The Morgan fingerprint density at radius 1 is 1.50 bits per heavy atom. The first-order valence-corrected chi connectivity index (χ1v) is 6.41. The van der Waals surface area contributed by atoms with Crippen LogP contribution in [0.2, 0.25) is 13.1 Å². The Labute approximate surface area is 58.6 Å². The van der Waals surface area contributed by atoms with Crippen molar-refractivity contribution in [2.24, 2.45) is 0 Å². The highest BCUT2D eigenvalue weighted by Crippen LogP contribution is 1.88. The highest BCUT2D eigenvalue weighted by Gasteiger charge is 1.91. The Morgan fingerprint density at radius 2 is 2.12 bits per heavy atom. The molecule has 0 aliphatic heterocycles. The van der Waals surface area contributed by atoms with Gasteiger partial charge in [-0.15, -0.1) is 0 Å². The minimum absolute atomic E-state index is 0.736. The van der Waals surface area contributed by atoms with Crippen molar-refractivity contribution >= 4 is 21.7 Å². The van der Waals surface area contributed by atoms with E-state index in [1.807, 2.05) is 0 Å². The summed E-state index contributed by atoms with van der Waals surface area (Å²) < 4.78 is 5.37. The lowest BCUT2D eigenvalue weighted by Crippen LogP contribution is -2.08. The summed E-state index contributed by atoms with van der Waals surface area (Å²) in [5, 5.41) is 0. The molecule has 0 amide bonds. The number of hydrogen-bond donors (Lipinski definition) is 1. The Morgan fingerprint density at radius 3 is 2.50 bits per heavy atom. The summed E-state index contributed by atoms with van der Waals surface area (Å²) >= 11 is 4.06. The molecule has 50 valence electrons. The molecule has 0 fully saturated rings.